The van der Waals surface area contributed by atoms with Crippen molar-refractivity contribution in [3.8, 4) is 5.75 Å². The first-order chi connectivity index (χ1) is 11.5. The molecule has 5 nitrogen and oxygen atoms in total. The van der Waals surface area contributed by atoms with Gasteiger partial charge in [0.05, 0.1) is 30.4 Å². The number of carboxylic acid groups (broad SMARTS) is 1. The molecule has 0 fully saturated rings. The first-order valence-corrected chi connectivity index (χ1v) is 7.86. The van der Waals surface area contributed by atoms with Gasteiger partial charge in [0, 0.05) is 23.3 Å². The lowest BCUT2D eigenvalue weighted by Crippen LogP contribution is -2.10. The quantitative estimate of drug-likeness (QED) is 0.772. The molecular formula is C19H20N2O3. The van der Waals surface area contributed by atoms with Crippen LogP contribution in [0.4, 0.5) is 0 Å². The van der Waals surface area contributed by atoms with Crippen LogP contribution in [-0.4, -0.2) is 27.7 Å². The van der Waals surface area contributed by atoms with Crippen LogP contribution in [0.1, 0.15) is 41.5 Å². The lowest BCUT2D eigenvalue weighted by Gasteiger charge is -2.14. The van der Waals surface area contributed by atoms with Crippen LogP contribution in [0.3, 0.4) is 0 Å². The van der Waals surface area contributed by atoms with Crippen LogP contribution in [0.25, 0.3) is 10.9 Å². The number of fused-ring (bicyclic) bond motifs is 1. The smallest absolute Gasteiger partial charge is 0.338 e. The van der Waals surface area contributed by atoms with Crippen molar-refractivity contribution >= 4 is 16.9 Å². The van der Waals surface area contributed by atoms with Gasteiger partial charge in [-0.25, -0.2) is 4.79 Å². The monoisotopic (exact) mass is 324 g/mol. The van der Waals surface area contributed by atoms with Gasteiger partial charge in [-0.15, -0.1) is 0 Å². The molecule has 0 saturated carbocycles. The highest BCUT2D eigenvalue weighted by Crippen LogP contribution is 2.34. The Balaban J connectivity index is 2.31. The van der Waals surface area contributed by atoms with Gasteiger partial charge in [0.25, 0.3) is 0 Å². The molecule has 5 heteroatoms. The minimum Gasteiger partial charge on any atom is -0.497 e. The summed E-state index contributed by atoms with van der Waals surface area (Å²) in [5.41, 5.74) is 2.90. The Labute approximate surface area is 140 Å². The molecule has 3 rings (SSSR count). The lowest BCUT2D eigenvalue weighted by molar-refractivity contribution is 0.0697. The number of rotatable bonds is 5. The predicted octanol–water partition coefficient (Wildman–Crippen LogP) is 3.91. The molecule has 124 valence electrons. The normalized spacial score (nSPS) is 11.2. The summed E-state index contributed by atoms with van der Waals surface area (Å²) in [6.07, 6.45) is 1.74. The van der Waals surface area contributed by atoms with Crippen molar-refractivity contribution < 1.29 is 14.6 Å². The van der Waals surface area contributed by atoms with E-state index in [2.05, 4.69) is 4.98 Å². The number of pyridine rings is 1. The summed E-state index contributed by atoms with van der Waals surface area (Å²) in [5, 5.41) is 10.5. The van der Waals surface area contributed by atoms with Gasteiger partial charge in [-0.1, -0.05) is 19.9 Å². The van der Waals surface area contributed by atoms with Crippen molar-refractivity contribution in [2.75, 3.05) is 7.11 Å². The number of carbonyl (C=O) groups is 1. The van der Waals surface area contributed by atoms with E-state index in [0.717, 1.165) is 22.3 Å². The Bertz CT molecular complexity index is 883. The average Bonchev–Trinajstić information content (AvgIpc) is 2.90. The summed E-state index contributed by atoms with van der Waals surface area (Å²) in [6.45, 7) is 4.53. The second-order valence-corrected chi connectivity index (χ2v) is 6.01. The Morgan fingerprint density at radius 1 is 1.29 bits per heavy atom. The number of carboxylic acids is 1. The fourth-order valence-corrected chi connectivity index (χ4v) is 3.12. The Morgan fingerprint density at radius 2 is 2.08 bits per heavy atom. The van der Waals surface area contributed by atoms with E-state index in [1.807, 2.05) is 48.7 Å². The number of methoxy groups -OCH3 is 1. The second-order valence-electron chi connectivity index (χ2n) is 6.01. The molecule has 24 heavy (non-hydrogen) atoms. The topological polar surface area (TPSA) is 64.3 Å². The molecule has 0 amide bonds. The van der Waals surface area contributed by atoms with Gasteiger partial charge < -0.3 is 14.4 Å². The van der Waals surface area contributed by atoms with E-state index in [4.69, 9.17) is 4.74 Å². The van der Waals surface area contributed by atoms with Gasteiger partial charge in [0.15, 0.2) is 0 Å². The molecule has 0 aliphatic rings. The number of benzene rings is 1. The molecule has 0 saturated heterocycles. The number of hydrogen-bond donors (Lipinski definition) is 1. The van der Waals surface area contributed by atoms with E-state index in [9.17, 15) is 9.90 Å². The summed E-state index contributed by atoms with van der Waals surface area (Å²) >= 11 is 0. The third kappa shape index (κ3) is 2.73. The van der Waals surface area contributed by atoms with E-state index in [0.29, 0.717) is 17.9 Å². The third-order valence-corrected chi connectivity index (χ3v) is 4.12. The van der Waals surface area contributed by atoms with Crippen molar-refractivity contribution in [1.82, 2.24) is 9.55 Å². The van der Waals surface area contributed by atoms with Gasteiger partial charge >= 0.3 is 5.97 Å². The maximum atomic E-state index is 11.9. The maximum absolute atomic E-state index is 11.9. The van der Waals surface area contributed by atoms with Crippen LogP contribution in [0.2, 0.25) is 0 Å². The second kappa shape index (κ2) is 6.35. The molecule has 0 spiro atoms. The first-order valence-electron chi connectivity index (χ1n) is 7.86. The van der Waals surface area contributed by atoms with Crippen molar-refractivity contribution in [2.45, 2.75) is 26.3 Å². The standard InChI is InChI=1S/C19H20N2O3/c1-12(2)18-17(19(22)23)15-8-7-14(24-3)10-16(15)21(18)11-13-6-4-5-9-20-13/h4-10,12H,11H2,1-3H3,(H,22,23). The fourth-order valence-electron chi connectivity index (χ4n) is 3.12. The number of ether oxygens (including phenoxy) is 1. The van der Waals surface area contributed by atoms with E-state index in [1.54, 1.807) is 19.4 Å². The highest BCUT2D eigenvalue weighted by Gasteiger charge is 2.24. The molecule has 3 aromatic rings. The highest BCUT2D eigenvalue weighted by molar-refractivity contribution is 6.05. The van der Waals surface area contributed by atoms with Gasteiger partial charge in [0.2, 0.25) is 0 Å². The summed E-state index contributed by atoms with van der Waals surface area (Å²) in [6, 6.07) is 11.2. The molecule has 2 aromatic heterocycles. The summed E-state index contributed by atoms with van der Waals surface area (Å²) in [5.74, 6) is -0.138. The lowest BCUT2D eigenvalue weighted by atomic mass is 10.0. The zero-order chi connectivity index (χ0) is 17.3. The van der Waals surface area contributed by atoms with Crippen LogP contribution in [0.5, 0.6) is 5.75 Å². The molecular weight excluding hydrogens is 304 g/mol. The molecule has 0 unspecified atom stereocenters. The number of aromatic nitrogens is 2. The highest BCUT2D eigenvalue weighted by atomic mass is 16.5. The molecule has 0 radical (unpaired) electrons. The van der Waals surface area contributed by atoms with Crippen LogP contribution in [0.15, 0.2) is 42.6 Å². The van der Waals surface area contributed by atoms with Crippen molar-refractivity contribution in [2.24, 2.45) is 0 Å². The SMILES string of the molecule is COc1ccc2c(C(=O)O)c(C(C)C)n(Cc3ccccn3)c2c1. The van der Waals surface area contributed by atoms with E-state index in [1.165, 1.54) is 0 Å². The average molecular weight is 324 g/mol. The summed E-state index contributed by atoms with van der Waals surface area (Å²) in [7, 11) is 1.61. The zero-order valence-corrected chi connectivity index (χ0v) is 14.0. The molecule has 1 aromatic carbocycles. The van der Waals surface area contributed by atoms with Crippen LogP contribution >= 0.6 is 0 Å². The van der Waals surface area contributed by atoms with Crippen molar-refractivity contribution in [3.63, 3.8) is 0 Å². The predicted molar refractivity (Wildman–Crippen MR) is 92.9 cm³/mol. The first kappa shape index (κ1) is 16.1. The minimum atomic E-state index is -0.909. The number of hydrogen-bond acceptors (Lipinski definition) is 3. The van der Waals surface area contributed by atoms with Gasteiger partial charge in [-0.2, -0.15) is 0 Å². The van der Waals surface area contributed by atoms with Crippen molar-refractivity contribution in [1.29, 1.82) is 0 Å². The maximum Gasteiger partial charge on any atom is 0.338 e. The van der Waals surface area contributed by atoms with Gasteiger partial charge in [0.1, 0.15) is 5.75 Å². The molecule has 0 aliphatic carbocycles. The van der Waals surface area contributed by atoms with Gasteiger partial charge in [-0.05, 0) is 30.2 Å². The summed E-state index contributed by atoms with van der Waals surface area (Å²) < 4.78 is 7.36. The molecule has 2 heterocycles. The Hall–Kier alpha value is -2.82. The molecule has 0 aliphatic heterocycles. The zero-order valence-electron chi connectivity index (χ0n) is 14.0. The fraction of sp³-hybridized carbons (Fsp3) is 0.263. The molecule has 0 bridgehead atoms. The van der Waals surface area contributed by atoms with E-state index in [-0.39, 0.29) is 5.92 Å². The van der Waals surface area contributed by atoms with E-state index < -0.39 is 5.97 Å². The largest absolute Gasteiger partial charge is 0.497 e. The number of aromatic carboxylic acids is 1. The van der Waals surface area contributed by atoms with Crippen LogP contribution < -0.4 is 4.74 Å². The minimum absolute atomic E-state index is 0.0678. The third-order valence-electron chi connectivity index (χ3n) is 4.12. The van der Waals surface area contributed by atoms with Crippen LogP contribution in [0, 0.1) is 0 Å². The van der Waals surface area contributed by atoms with Crippen LogP contribution in [-0.2, 0) is 6.54 Å². The summed E-state index contributed by atoms with van der Waals surface area (Å²) in [4.78, 5) is 16.3. The van der Waals surface area contributed by atoms with E-state index >= 15 is 0 Å². The Morgan fingerprint density at radius 3 is 2.67 bits per heavy atom. The van der Waals surface area contributed by atoms with Crippen molar-refractivity contribution in [3.05, 3.63) is 59.5 Å². The Kier molecular flexibility index (Phi) is 4.25. The molecule has 0 atom stereocenters. The molecule has 1 N–H and O–H groups in total. The number of nitrogens with zero attached hydrogens (tertiary/aromatic N) is 2. The van der Waals surface area contributed by atoms with Gasteiger partial charge in [-0.3, -0.25) is 4.98 Å².